The van der Waals surface area contributed by atoms with Gasteiger partial charge >= 0.3 is 0 Å². The Morgan fingerprint density at radius 3 is 2.62 bits per heavy atom. The van der Waals surface area contributed by atoms with Crippen LogP contribution in [0.3, 0.4) is 0 Å². The lowest BCUT2D eigenvalue weighted by Crippen LogP contribution is -2.27. The minimum Gasteiger partial charge on any atom is -0.496 e. The highest BCUT2D eigenvalue weighted by atomic mass is 32.2. The smallest absolute Gasteiger partial charge is 0.230 e. The molecule has 0 saturated heterocycles. The Hall–Kier alpha value is -3.65. The molecule has 1 amide bonds. The summed E-state index contributed by atoms with van der Waals surface area (Å²) in [5, 5.41) is 12.2. The number of nitrogens with zero attached hydrogens (tertiary/aromatic N) is 4. The van der Waals surface area contributed by atoms with Gasteiger partial charge in [-0.3, -0.25) is 4.79 Å². The molecule has 0 atom stereocenters. The van der Waals surface area contributed by atoms with E-state index in [4.69, 9.17) is 4.74 Å². The van der Waals surface area contributed by atoms with Crippen LogP contribution < -0.4 is 10.1 Å². The summed E-state index contributed by atoms with van der Waals surface area (Å²) in [6.07, 6.45) is 6.12. The van der Waals surface area contributed by atoms with E-state index in [-0.39, 0.29) is 5.91 Å². The molecule has 0 unspecified atom stereocenters. The number of nitrogens with one attached hydrogen (secondary N) is 1. The first kappa shape index (κ1) is 21.6. The van der Waals surface area contributed by atoms with Crippen molar-refractivity contribution in [2.24, 2.45) is 0 Å². The van der Waals surface area contributed by atoms with Gasteiger partial charge < -0.3 is 14.6 Å². The van der Waals surface area contributed by atoms with Gasteiger partial charge in [-0.25, -0.2) is 4.98 Å². The fraction of sp³-hybridized carbons (Fsp3) is 0.167. The van der Waals surface area contributed by atoms with E-state index < -0.39 is 0 Å². The van der Waals surface area contributed by atoms with Crippen LogP contribution in [0.5, 0.6) is 5.75 Å². The maximum Gasteiger partial charge on any atom is 0.230 e. The molecule has 1 N–H and O–H groups in total. The summed E-state index contributed by atoms with van der Waals surface area (Å²) in [4.78, 5) is 16.2. The number of imidazole rings is 1. The summed E-state index contributed by atoms with van der Waals surface area (Å²) >= 11 is 1.37. The molecule has 0 aliphatic rings. The Balaban J connectivity index is 1.25. The highest BCUT2D eigenvalue weighted by molar-refractivity contribution is 7.99. The second kappa shape index (κ2) is 10.6. The second-order valence-corrected chi connectivity index (χ2v) is 7.97. The highest BCUT2D eigenvalue weighted by Gasteiger charge is 2.07. The van der Waals surface area contributed by atoms with Crippen LogP contribution in [0.15, 0.2) is 84.4 Å². The first-order chi connectivity index (χ1) is 15.7. The first-order valence-corrected chi connectivity index (χ1v) is 11.2. The number of carbonyl (C=O) groups excluding carboxylic acids is 1. The SMILES string of the molecule is COc1ccccc1CCNC(=O)CSc1ccc(-c2ccc(-n3ccnc3)cc2)nn1. The largest absolute Gasteiger partial charge is 0.496 e. The zero-order valence-corrected chi connectivity index (χ0v) is 18.5. The van der Waals surface area contributed by atoms with Gasteiger partial charge in [0.15, 0.2) is 0 Å². The lowest BCUT2D eigenvalue weighted by molar-refractivity contribution is -0.118. The van der Waals surface area contributed by atoms with Crippen LogP contribution in [-0.4, -0.2) is 45.1 Å². The molecular weight excluding hydrogens is 422 g/mol. The molecule has 2 aromatic heterocycles. The zero-order chi connectivity index (χ0) is 22.2. The van der Waals surface area contributed by atoms with E-state index in [0.717, 1.165) is 28.3 Å². The Morgan fingerprint density at radius 1 is 1.06 bits per heavy atom. The number of ether oxygens (including phenoxy) is 1. The Bertz CT molecular complexity index is 1150. The predicted octanol–water partition coefficient (Wildman–Crippen LogP) is 3.79. The van der Waals surface area contributed by atoms with Gasteiger partial charge in [-0.1, -0.05) is 42.1 Å². The number of methoxy groups -OCH3 is 1. The van der Waals surface area contributed by atoms with Crippen molar-refractivity contribution in [2.45, 2.75) is 11.4 Å². The average molecular weight is 446 g/mol. The van der Waals surface area contributed by atoms with Gasteiger partial charge in [0.25, 0.3) is 0 Å². The summed E-state index contributed by atoms with van der Waals surface area (Å²) in [7, 11) is 1.65. The number of benzene rings is 2. The van der Waals surface area contributed by atoms with E-state index >= 15 is 0 Å². The molecule has 0 spiro atoms. The van der Waals surface area contributed by atoms with Crippen molar-refractivity contribution in [1.82, 2.24) is 25.1 Å². The fourth-order valence-corrected chi connectivity index (χ4v) is 3.85. The minimum absolute atomic E-state index is 0.0362. The van der Waals surface area contributed by atoms with Gasteiger partial charge in [0, 0.05) is 30.2 Å². The normalized spacial score (nSPS) is 10.7. The zero-order valence-electron chi connectivity index (χ0n) is 17.6. The summed E-state index contributed by atoms with van der Waals surface area (Å²) in [5.41, 5.74) is 3.87. The summed E-state index contributed by atoms with van der Waals surface area (Å²) in [6.45, 7) is 0.555. The van der Waals surface area contributed by atoms with Crippen molar-refractivity contribution in [3.05, 3.63) is 84.9 Å². The standard InChI is InChI=1S/C24H23N5O2S/c1-31-22-5-3-2-4-19(22)12-13-26-23(30)16-32-24-11-10-21(27-28-24)18-6-8-20(9-7-18)29-15-14-25-17-29/h2-11,14-15,17H,12-13,16H2,1H3,(H,26,30). The number of rotatable bonds is 9. The number of aromatic nitrogens is 4. The molecule has 0 aliphatic heterocycles. The van der Waals surface area contributed by atoms with Crippen LogP contribution in [0, 0.1) is 0 Å². The van der Waals surface area contributed by atoms with Gasteiger partial charge in [0.1, 0.15) is 10.8 Å². The van der Waals surface area contributed by atoms with E-state index in [2.05, 4.69) is 20.5 Å². The lowest BCUT2D eigenvalue weighted by Gasteiger charge is -2.09. The third kappa shape index (κ3) is 5.53. The van der Waals surface area contributed by atoms with Crippen molar-refractivity contribution >= 4 is 17.7 Å². The maximum absolute atomic E-state index is 12.2. The highest BCUT2D eigenvalue weighted by Crippen LogP contribution is 2.21. The summed E-state index contributed by atoms with van der Waals surface area (Å²) < 4.78 is 7.28. The molecule has 162 valence electrons. The Kier molecular flexibility index (Phi) is 7.14. The van der Waals surface area contributed by atoms with Gasteiger partial charge in [-0.2, -0.15) is 0 Å². The van der Waals surface area contributed by atoms with Crippen molar-refractivity contribution in [2.75, 3.05) is 19.4 Å². The van der Waals surface area contributed by atoms with Crippen LogP contribution in [0.4, 0.5) is 0 Å². The van der Waals surface area contributed by atoms with Crippen molar-refractivity contribution < 1.29 is 9.53 Å². The van der Waals surface area contributed by atoms with Crippen molar-refractivity contribution in [3.8, 4) is 22.7 Å². The lowest BCUT2D eigenvalue weighted by atomic mass is 10.1. The monoisotopic (exact) mass is 445 g/mol. The minimum atomic E-state index is -0.0362. The third-order valence-corrected chi connectivity index (χ3v) is 5.79. The van der Waals surface area contributed by atoms with E-state index in [1.807, 2.05) is 71.4 Å². The summed E-state index contributed by atoms with van der Waals surface area (Å²) in [5.74, 6) is 1.09. The molecule has 0 aliphatic carbocycles. The van der Waals surface area contributed by atoms with Crippen molar-refractivity contribution in [1.29, 1.82) is 0 Å². The second-order valence-electron chi connectivity index (χ2n) is 6.97. The molecule has 32 heavy (non-hydrogen) atoms. The van der Waals surface area contributed by atoms with Crippen LogP contribution in [0.25, 0.3) is 16.9 Å². The van der Waals surface area contributed by atoms with Crippen LogP contribution in [-0.2, 0) is 11.2 Å². The molecule has 2 heterocycles. The third-order valence-electron chi connectivity index (χ3n) is 4.87. The number of thioether (sulfide) groups is 1. The van der Waals surface area contributed by atoms with Crippen LogP contribution >= 0.6 is 11.8 Å². The van der Waals surface area contributed by atoms with Crippen LogP contribution in [0.2, 0.25) is 0 Å². The van der Waals surface area contributed by atoms with Crippen molar-refractivity contribution in [3.63, 3.8) is 0 Å². The number of amides is 1. The molecular formula is C24H23N5O2S. The van der Waals surface area contributed by atoms with Gasteiger partial charge in [0.05, 0.1) is 24.9 Å². The Morgan fingerprint density at radius 2 is 1.91 bits per heavy atom. The molecule has 0 radical (unpaired) electrons. The fourth-order valence-electron chi connectivity index (χ4n) is 3.20. The topological polar surface area (TPSA) is 81.9 Å². The molecule has 8 heteroatoms. The molecule has 2 aromatic carbocycles. The van der Waals surface area contributed by atoms with E-state index in [1.54, 1.807) is 19.6 Å². The number of carbonyl (C=O) groups is 1. The number of hydrogen-bond acceptors (Lipinski definition) is 6. The van der Waals surface area contributed by atoms with Gasteiger partial charge in [-0.15, -0.1) is 10.2 Å². The molecule has 4 rings (SSSR count). The average Bonchev–Trinajstić information content (AvgIpc) is 3.39. The maximum atomic E-state index is 12.2. The number of para-hydroxylation sites is 1. The number of hydrogen-bond donors (Lipinski definition) is 1. The molecule has 4 aromatic rings. The molecule has 0 fully saturated rings. The first-order valence-electron chi connectivity index (χ1n) is 10.2. The molecule has 0 bridgehead atoms. The molecule has 0 saturated carbocycles. The van der Waals surface area contributed by atoms with E-state index in [0.29, 0.717) is 23.7 Å². The van der Waals surface area contributed by atoms with Crippen LogP contribution in [0.1, 0.15) is 5.56 Å². The van der Waals surface area contributed by atoms with E-state index in [9.17, 15) is 4.79 Å². The van der Waals surface area contributed by atoms with Gasteiger partial charge in [-0.05, 0) is 42.3 Å². The van der Waals surface area contributed by atoms with E-state index in [1.165, 1.54) is 11.8 Å². The quantitative estimate of drug-likeness (QED) is 0.395. The summed E-state index contributed by atoms with van der Waals surface area (Å²) in [6, 6.07) is 19.6. The Labute approximate surface area is 190 Å². The predicted molar refractivity (Wildman–Crippen MR) is 125 cm³/mol. The molecule has 7 nitrogen and oxygen atoms in total. The van der Waals surface area contributed by atoms with Gasteiger partial charge in [0.2, 0.25) is 5.91 Å².